The molecule has 0 aliphatic rings. The molecule has 0 bridgehead atoms. The number of hydrogen-bond acceptors (Lipinski definition) is 2. The number of nitrogen functional groups attached to an aromatic ring is 1. The summed E-state index contributed by atoms with van der Waals surface area (Å²) in [6.07, 6.45) is 0.915. The predicted molar refractivity (Wildman–Crippen MR) is 68.3 cm³/mol. The van der Waals surface area contributed by atoms with Crippen molar-refractivity contribution < 1.29 is 4.39 Å². The van der Waals surface area contributed by atoms with Crippen LogP contribution in [-0.2, 0) is 0 Å². The van der Waals surface area contributed by atoms with E-state index in [1.54, 1.807) is 0 Å². The minimum atomic E-state index is -0.466. The van der Waals surface area contributed by atoms with E-state index in [9.17, 15) is 4.39 Å². The third-order valence-corrected chi connectivity index (χ3v) is 3.24. The van der Waals surface area contributed by atoms with Crippen LogP contribution in [0.1, 0.15) is 62.6 Å². The average Bonchev–Trinajstić information content (AvgIpc) is 2.28. The van der Waals surface area contributed by atoms with Crippen LogP contribution < -0.4 is 5.73 Å². The quantitative estimate of drug-likeness (QED) is 0.806. The lowest BCUT2D eigenvalue weighted by atomic mass is 9.89. The van der Waals surface area contributed by atoms with Crippen molar-refractivity contribution in [2.45, 2.75) is 46.0 Å². The highest BCUT2D eigenvalue weighted by Gasteiger charge is 2.20. The number of nitriles is 1. The summed E-state index contributed by atoms with van der Waals surface area (Å²) < 4.78 is 14.0. The van der Waals surface area contributed by atoms with E-state index in [1.165, 1.54) is 0 Å². The molecule has 0 heterocycles. The lowest BCUT2D eigenvalue weighted by molar-refractivity contribution is 0.592. The van der Waals surface area contributed by atoms with E-state index in [1.807, 2.05) is 32.9 Å². The average molecular weight is 234 g/mol. The SMILES string of the molecule is CCC(C)c1cc(C(C)C)c(F)c(C#N)c1N. The zero-order chi connectivity index (χ0) is 13.2. The van der Waals surface area contributed by atoms with Crippen molar-refractivity contribution in [1.29, 1.82) is 5.26 Å². The lowest BCUT2D eigenvalue weighted by Crippen LogP contribution is -2.07. The fourth-order valence-electron chi connectivity index (χ4n) is 1.87. The van der Waals surface area contributed by atoms with Crippen LogP contribution in [0.5, 0.6) is 0 Å². The van der Waals surface area contributed by atoms with Gasteiger partial charge in [0.25, 0.3) is 0 Å². The second kappa shape index (κ2) is 5.18. The van der Waals surface area contributed by atoms with Gasteiger partial charge in [-0.05, 0) is 29.4 Å². The number of benzene rings is 1. The molecule has 1 aromatic carbocycles. The first-order valence-electron chi connectivity index (χ1n) is 5.95. The number of nitrogens with two attached hydrogens (primary N) is 1. The molecule has 1 unspecified atom stereocenters. The van der Waals surface area contributed by atoms with Gasteiger partial charge in [-0.3, -0.25) is 0 Å². The van der Waals surface area contributed by atoms with Gasteiger partial charge in [-0.15, -0.1) is 0 Å². The molecule has 0 aromatic heterocycles. The normalized spacial score (nSPS) is 12.5. The van der Waals surface area contributed by atoms with Crippen molar-refractivity contribution in [3.05, 3.63) is 28.6 Å². The summed E-state index contributed by atoms with van der Waals surface area (Å²) in [5, 5.41) is 9.01. The zero-order valence-corrected chi connectivity index (χ0v) is 10.8. The summed E-state index contributed by atoms with van der Waals surface area (Å²) in [6.45, 7) is 7.91. The molecular weight excluding hydrogens is 215 g/mol. The minimum Gasteiger partial charge on any atom is -0.397 e. The van der Waals surface area contributed by atoms with Crippen molar-refractivity contribution >= 4 is 5.69 Å². The molecule has 1 aromatic rings. The number of hydrogen-bond donors (Lipinski definition) is 1. The van der Waals surface area contributed by atoms with Crippen LogP contribution in [0.25, 0.3) is 0 Å². The fraction of sp³-hybridized carbons (Fsp3) is 0.500. The Balaban J connectivity index is 3.54. The number of rotatable bonds is 3. The molecule has 0 amide bonds. The van der Waals surface area contributed by atoms with Crippen LogP contribution in [0, 0.1) is 17.1 Å². The lowest BCUT2D eigenvalue weighted by Gasteiger charge is -2.18. The van der Waals surface area contributed by atoms with Gasteiger partial charge in [-0.25, -0.2) is 4.39 Å². The van der Waals surface area contributed by atoms with Gasteiger partial charge in [0, 0.05) is 0 Å². The first-order valence-corrected chi connectivity index (χ1v) is 5.95. The molecule has 2 N–H and O–H groups in total. The van der Waals surface area contributed by atoms with Gasteiger partial charge in [0.1, 0.15) is 17.4 Å². The molecule has 1 atom stereocenters. The van der Waals surface area contributed by atoms with Crippen LogP contribution in [0.3, 0.4) is 0 Å². The second-order valence-corrected chi connectivity index (χ2v) is 4.73. The molecule has 0 radical (unpaired) electrons. The predicted octanol–water partition coefficient (Wildman–Crippen LogP) is 3.92. The van der Waals surface area contributed by atoms with E-state index in [-0.39, 0.29) is 17.4 Å². The molecule has 2 nitrogen and oxygen atoms in total. The number of anilines is 1. The van der Waals surface area contributed by atoms with Crippen LogP contribution >= 0.6 is 0 Å². The summed E-state index contributed by atoms with van der Waals surface area (Å²) in [5.41, 5.74) is 7.62. The van der Waals surface area contributed by atoms with Crippen LogP contribution in [-0.4, -0.2) is 0 Å². The molecule has 0 saturated carbocycles. The highest BCUT2D eigenvalue weighted by Crippen LogP contribution is 2.33. The maximum Gasteiger partial charge on any atom is 0.146 e. The molecule has 92 valence electrons. The van der Waals surface area contributed by atoms with E-state index in [2.05, 4.69) is 6.92 Å². The molecule has 0 fully saturated rings. The van der Waals surface area contributed by atoms with Crippen molar-refractivity contribution in [3.8, 4) is 6.07 Å². The Kier molecular flexibility index (Phi) is 4.11. The van der Waals surface area contributed by atoms with Crippen LogP contribution in [0.15, 0.2) is 6.07 Å². The van der Waals surface area contributed by atoms with Gasteiger partial charge in [0.15, 0.2) is 0 Å². The molecular formula is C14H19FN2. The molecule has 1 rings (SSSR count). The topological polar surface area (TPSA) is 49.8 Å². The third kappa shape index (κ3) is 2.41. The third-order valence-electron chi connectivity index (χ3n) is 3.24. The van der Waals surface area contributed by atoms with Crippen molar-refractivity contribution in [2.75, 3.05) is 5.73 Å². The first-order chi connectivity index (χ1) is 7.93. The van der Waals surface area contributed by atoms with Crippen molar-refractivity contribution in [1.82, 2.24) is 0 Å². The van der Waals surface area contributed by atoms with Crippen molar-refractivity contribution in [3.63, 3.8) is 0 Å². The summed E-state index contributed by atoms with van der Waals surface area (Å²) in [6, 6.07) is 3.69. The Morgan fingerprint density at radius 3 is 2.35 bits per heavy atom. The minimum absolute atomic E-state index is 0.00787. The fourth-order valence-corrected chi connectivity index (χ4v) is 1.87. The highest BCUT2D eigenvalue weighted by atomic mass is 19.1. The van der Waals surface area contributed by atoms with Gasteiger partial charge >= 0.3 is 0 Å². The van der Waals surface area contributed by atoms with Gasteiger partial charge in [-0.1, -0.05) is 33.8 Å². The largest absolute Gasteiger partial charge is 0.397 e. The smallest absolute Gasteiger partial charge is 0.146 e. The highest BCUT2D eigenvalue weighted by molar-refractivity contribution is 5.63. The Hall–Kier alpha value is -1.56. The molecule has 0 aliphatic heterocycles. The van der Waals surface area contributed by atoms with E-state index < -0.39 is 5.82 Å². The van der Waals surface area contributed by atoms with E-state index >= 15 is 0 Å². The van der Waals surface area contributed by atoms with Gasteiger partial charge < -0.3 is 5.73 Å². The van der Waals surface area contributed by atoms with Crippen LogP contribution in [0.2, 0.25) is 0 Å². The summed E-state index contributed by atoms with van der Waals surface area (Å²) in [5.74, 6) is -0.183. The summed E-state index contributed by atoms with van der Waals surface area (Å²) >= 11 is 0. The monoisotopic (exact) mass is 234 g/mol. The molecule has 0 aliphatic carbocycles. The van der Waals surface area contributed by atoms with Crippen molar-refractivity contribution in [2.24, 2.45) is 0 Å². The summed E-state index contributed by atoms with van der Waals surface area (Å²) in [4.78, 5) is 0. The number of nitrogens with zero attached hydrogens (tertiary/aromatic N) is 1. The van der Waals surface area contributed by atoms with Gasteiger partial charge in [0.05, 0.1) is 5.69 Å². The standard InChI is InChI=1S/C14H19FN2/c1-5-9(4)11-6-10(8(2)3)13(15)12(7-16)14(11)17/h6,8-9H,5,17H2,1-4H3. The Bertz CT molecular complexity index is 458. The number of halogens is 1. The molecule has 3 heteroatoms. The molecule has 0 saturated heterocycles. The Morgan fingerprint density at radius 2 is 1.94 bits per heavy atom. The molecule has 17 heavy (non-hydrogen) atoms. The first kappa shape index (κ1) is 13.5. The van der Waals surface area contributed by atoms with Gasteiger partial charge in [0.2, 0.25) is 0 Å². The Labute approximate surface area is 102 Å². The summed E-state index contributed by atoms with van der Waals surface area (Å²) in [7, 11) is 0. The maximum absolute atomic E-state index is 14.0. The molecule has 0 spiro atoms. The second-order valence-electron chi connectivity index (χ2n) is 4.73. The van der Waals surface area contributed by atoms with E-state index in [0.29, 0.717) is 11.3 Å². The van der Waals surface area contributed by atoms with E-state index in [4.69, 9.17) is 11.0 Å². The zero-order valence-electron chi connectivity index (χ0n) is 10.8. The van der Waals surface area contributed by atoms with E-state index in [0.717, 1.165) is 12.0 Å². The van der Waals surface area contributed by atoms with Crippen LogP contribution in [0.4, 0.5) is 10.1 Å². The van der Waals surface area contributed by atoms with Gasteiger partial charge in [-0.2, -0.15) is 5.26 Å². The maximum atomic E-state index is 14.0. The Morgan fingerprint density at radius 1 is 1.35 bits per heavy atom.